The predicted octanol–water partition coefficient (Wildman–Crippen LogP) is 3.37. The van der Waals surface area contributed by atoms with Crippen molar-refractivity contribution in [3.8, 4) is 17.0 Å². The van der Waals surface area contributed by atoms with E-state index in [0.717, 1.165) is 35.5 Å². The zero-order chi connectivity index (χ0) is 18.9. The molecule has 0 aliphatic rings. The summed E-state index contributed by atoms with van der Waals surface area (Å²) in [6, 6.07) is 11.4. The number of pyridine rings is 1. The van der Waals surface area contributed by atoms with Gasteiger partial charge in [-0.15, -0.1) is 11.3 Å². The molecule has 6 nitrogen and oxygen atoms in total. The van der Waals surface area contributed by atoms with E-state index in [2.05, 4.69) is 20.6 Å². The minimum absolute atomic E-state index is 0.0991. The molecule has 1 amide bonds. The number of ether oxygens (including phenoxy) is 1. The van der Waals surface area contributed by atoms with E-state index in [1.807, 2.05) is 48.8 Å². The molecule has 1 aromatic carbocycles. The number of rotatable bonds is 9. The number of hydrogen-bond donors (Lipinski definition) is 2. The lowest BCUT2D eigenvalue weighted by atomic mass is 10.1. The van der Waals surface area contributed by atoms with Gasteiger partial charge in [0, 0.05) is 23.3 Å². The molecule has 0 spiro atoms. The predicted molar refractivity (Wildman–Crippen MR) is 108 cm³/mol. The summed E-state index contributed by atoms with van der Waals surface area (Å²) >= 11 is 1.41. The highest BCUT2D eigenvalue weighted by Gasteiger charge is 2.09. The summed E-state index contributed by atoms with van der Waals surface area (Å²) in [6.07, 6.45) is 4.66. The Bertz CT molecular complexity index is 867. The number of carbonyl (C=O) groups is 1. The van der Waals surface area contributed by atoms with Crippen LogP contribution in [0.1, 0.15) is 12.0 Å². The van der Waals surface area contributed by atoms with Crippen molar-refractivity contribution in [1.29, 1.82) is 0 Å². The van der Waals surface area contributed by atoms with Gasteiger partial charge >= 0.3 is 0 Å². The molecule has 0 saturated heterocycles. The molecular formula is C20H22N4O2S. The van der Waals surface area contributed by atoms with E-state index < -0.39 is 0 Å². The minimum Gasteiger partial charge on any atom is -0.494 e. The Morgan fingerprint density at radius 1 is 1.22 bits per heavy atom. The van der Waals surface area contributed by atoms with Crippen molar-refractivity contribution in [2.24, 2.45) is 0 Å². The first-order valence-corrected chi connectivity index (χ1v) is 9.64. The Morgan fingerprint density at radius 2 is 2.07 bits per heavy atom. The Hall–Kier alpha value is -2.77. The van der Waals surface area contributed by atoms with Gasteiger partial charge in [0.05, 0.1) is 18.7 Å². The van der Waals surface area contributed by atoms with E-state index in [9.17, 15) is 4.79 Å². The fraction of sp³-hybridized carbons (Fsp3) is 0.250. The molecule has 0 aliphatic heterocycles. The maximum absolute atomic E-state index is 12.3. The summed E-state index contributed by atoms with van der Waals surface area (Å²) in [6.45, 7) is 1.56. The third-order valence-electron chi connectivity index (χ3n) is 3.83. The topological polar surface area (TPSA) is 76.1 Å². The smallest absolute Gasteiger partial charge is 0.230 e. The molecule has 0 atom stereocenters. The van der Waals surface area contributed by atoms with Gasteiger partial charge < -0.3 is 15.4 Å². The van der Waals surface area contributed by atoms with Crippen LogP contribution in [0.2, 0.25) is 0 Å². The molecule has 0 bridgehead atoms. The van der Waals surface area contributed by atoms with Crippen LogP contribution < -0.4 is 15.4 Å². The van der Waals surface area contributed by atoms with Crippen molar-refractivity contribution in [3.63, 3.8) is 0 Å². The monoisotopic (exact) mass is 382 g/mol. The number of hydrogen-bond acceptors (Lipinski definition) is 6. The van der Waals surface area contributed by atoms with Crippen LogP contribution in [-0.4, -0.2) is 36.1 Å². The van der Waals surface area contributed by atoms with Crippen molar-refractivity contribution < 1.29 is 9.53 Å². The highest BCUT2D eigenvalue weighted by Crippen LogP contribution is 2.24. The highest BCUT2D eigenvalue weighted by atomic mass is 32.1. The first kappa shape index (κ1) is 19.0. The number of thiazole rings is 1. The van der Waals surface area contributed by atoms with Gasteiger partial charge in [-0.25, -0.2) is 4.98 Å². The van der Waals surface area contributed by atoms with Gasteiger partial charge in [-0.3, -0.25) is 9.78 Å². The first-order valence-electron chi connectivity index (χ1n) is 8.77. The lowest BCUT2D eigenvalue weighted by Crippen LogP contribution is -2.14. The largest absolute Gasteiger partial charge is 0.494 e. The highest BCUT2D eigenvalue weighted by molar-refractivity contribution is 7.14. The Morgan fingerprint density at radius 3 is 2.89 bits per heavy atom. The van der Waals surface area contributed by atoms with Gasteiger partial charge in [0.1, 0.15) is 5.75 Å². The molecule has 27 heavy (non-hydrogen) atoms. The van der Waals surface area contributed by atoms with Crippen LogP contribution in [0.25, 0.3) is 11.3 Å². The third kappa shape index (κ3) is 5.87. The molecule has 0 saturated carbocycles. The molecule has 140 valence electrons. The van der Waals surface area contributed by atoms with E-state index in [4.69, 9.17) is 4.74 Å². The second-order valence-electron chi connectivity index (χ2n) is 5.95. The summed E-state index contributed by atoms with van der Waals surface area (Å²) in [7, 11) is 1.92. The van der Waals surface area contributed by atoms with Crippen LogP contribution in [-0.2, 0) is 11.2 Å². The second-order valence-corrected chi connectivity index (χ2v) is 6.81. The fourth-order valence-electron chi connectivity index (χ4n) is 2.52. The quantitative estimate of drug-likeness (QED) is 0.555. The first-order chi connectivity index (χ1) is 13.2. The number of carbonyl (C=O) groups excluding carboxylic acids is 1. The van der Waals surface area contributed by atoms with E-state index >= 15 is 0 Å². The average Bonchev–Trinajstić information content (AvgIpc) is 3.14. The zero-order valence-electron chi connectivity index (χ0n) is 15.1. The molecule has 0 radical (unpaired) electrons. The van der Waals surface area contributed by atoms with E-state index in [1.165, 1.54) is 11.3 Å². The van der Waals surface area contributed by atoms with Gasteiger partial charge in [-0.2, -0.15) is 0 Å². The standard InChI is InChI=1S/C20H22N4O2S/c1-21-8-3-11-26-17-5-2-4-15(12-17)13-19(25)24-20-23-18(14-27-20)16-6-9-22-10-7-16/h2,4-7,9-10,12,14,21H,3,8,11,13H2,1H3,(H,23,24,25). The zero-order valence-corrected chi connectivity index (χ0v) is 16.0. The lowest BCUT2D eigenvalue weighted by Gasteiger charge is -2.08. The minimum atomic E-state index is -0.0991. The summed E-state index contributed by atoms with van der Waals surface area (Å²) in [4.78, 5) is 20.8. The molecular weight excluding hydrogens is 360 g/mol. The average molecular weight is 382 g/mol. The third-order valence-corrected chi connectivity index (χ3v) is 4.59. The molecule has 2 aromatic heterocycles. The number of nitrogens with one attached hydrogen (secondary N) is 2. The lowest BCUT2D eigenvalue weighted by molar-refractivity contribution is -0.115. The fourth-order valence-corrected chi connectivity index (χ4v) is 3.26. The molecule has 0 unspecified atom stereocenters. The molecule has 2 heterocycles. The maximum atomic E-state index is 12.3. The maximum Gasteiger partial charge on any atom is 0.230 e. The number of benzene rings is 1. The summed E-state index contributed by atoms with van der Waals surface area (Å²) in [5, 5.41) is 8.46. The second kappa shape index (κ2) is 9.80. The van der Waals surface area contributed by atoms with Gasteiger partial charge in [0.25, 0.3) is 0 Å². The van der Waals surface area contributed by atoms with Crippen LogP contribution in [0.4, 0.5) is 5.13 Å². The van der Waals surface area contributed by atoms with Crippen molar-refractivity contribution in [2.75, 3.05) is 25.5 Å². The van der Waals surface area contributed by atoms with Gasteiger partial charge in [0.2, 0.25) is 5.91 Å². The molecule has 3 rings (SSSR count). The molecule has 0 fully saturated rings. The van der Waals surface area contributed by atoms with Crippen LogP contribution in [0.5, 0.6) is 5.75 Å². The number of amides is 1. The van der Waals surface area contributed by atoms with Crippen LogP contribution >= 0.6 is 11.3 Å². The Balaban J connectivity index is 1.54. The molecule has 2 N–H and O–H groups in total. The van der Waals surface area contributed by atoms with Crippen molar-refractivity contribution in [3.05, 3.63) is 59.7 Å². The van der Waals surface area contributed by atoms with Crippen molar-refractivity contribution >= 4 is 22.4 Å². The van der Waals surface area contributed by atoms with Gasteiger partial charge in [-0.1, -0.05) is 12.1 Å². The van der Waals surface area contributed by atoms with E-state index in [0.29, 0.717) is 11.7 Å². The molecule has 0 aliphatic carbocycles. The van der Waals surface area contributed by atoms with Crippen LogP contribution in [0, 0.1) is 0 Å². The number of aromatic nitrogens is 2. The van der Waals surface area contributed by atoms with Gasteiger partial charge in [-0.05, 0) is 49.8 Å². The van der Waals surface area contributed by atoms with Gasteiger partial charge in [0.15, 0.2) is 5.13 Å². The van der Waals surface area contributed by atoms with Crippen molar-refractivity contribution in [2.45, 2.75) is 12.8 Å². The van der Waals surface area contributed by atoms with E-state index in [-0.39, 0.29) is 12.3 Å². The molecule has 7 heteroatoms. The summed E-state index contributed by atoms with van der Waals surface area (Å²) in [5.74, 6) is 0.684. The van der Waals surface area contributed by atoms with E-state index in [1.54, 1.807) is 12.4 Å². The normalized spacial score (nSPS) is 10.6. The Kier molecular flexibility index (Phi) is 6.90. The molecule has 3 aromatic rings. The van der Waals surface area contributed by atoms with Crippen LogP contribution in [0.3, 0.4) is 0 Å². The Labute approximate surface area is 162 Å². The number of nitrogens with zero attached hydrogens (tertiary/aromatic N) is 2. The summed E-state index contributed by atoms with van der Waals surface area (Å²) in [5.41, 5.74) is 2.71. The summed E-state index contributed by atoms with van der Waals surface area (Å²) < 4.78 is 5.71. The van der Waals surface area contributed by atoms with Crippen molar-refractivity contribution in [1.82, 2.24) is 15.3 Å². The number of anilines is 1. The SMILES string of the molecule is CNCCCOc1cccc(CC(=O)Nc2nc(-c3ccncc3)cs2)c1. The van der Waals surface area contributed by atoms with Crippen LogP contribution in [0.15, 0.2) is 54.2 Å².